The molecule has 0 aromatic rings. The zero-order chi connectivity index (χ0) is 6.55. The molecule has 4 bridgehead atoms. The summed E-state index contributed by atoms with van der Waals surface area (Å²) in [6, 6.07) is 0. The largest absolute Gasteiger partial charge is 0.342 e. The molecule has 0 saturated heterocycles. The van der Waals surface area contributed by atoms with Crippen molar-refractivity contribution in [1.29, 1.82) is 0 Å². The average Bonchev–Trinajstić information content (AvgIpc) is 1.82. The standard InChI is InChI=1S/C10H14.2W/c1-7-2-9-4-8(1)5-10(3-7)6-9;;/h7-8H,1-6H2;;/q-2;;. The van der Waals surface area contributed by atoms with Crippen molar-refractivity contribution in [2.75, 3.05) is 0 Å². The van der Waals surface area contributed by atoms with Crippen LogP contribution in [0.2, 0.25) is 0 Å². The molecule has 4 rings (SSSR count). The van der Waals surface area contributed by atoms with Crippen LogP contribution in [-0.4, -0.2) is 0 Å². The average molecular weight is 502 g/mol. The monoisotopic (exact) mass is 502 g/mol. The third-order valence-corrected chi connectivity index (χ3v) is 3.48. The molecule has 0 amide bonds. The maximum Gasteiger partial charge on any atom is 0 e. The van der Waals surface area contributed by atoms with Crippen LogP contribution >= 0.6 is 0 Å². The SMILES string of the molecule is C1[C-]2CC3C[C-]1CC(C2)C3.[W].[W]. The van der Waals surface area contributed by atoms with E-state index in [1.165, 1.54) is 32.1 Å². The number of rotatable bonds is 0. The molecule has 0 radical (unpaired) electrons. The van der Waals surface area contributed by atoms with Crippen molar-refractivity contribution in [2.45, 2.75) is 38.5 Å². The van der Waals surface area contributed by atoms with Gasteiger partial charge < -0.3 is 18.3 Å². The summed E-state index contributed by atoms with van der Waals surface area (Å²) in [6.07, 6.45) is 9.00. The molecule has 0 aromatic heterocycles. The smallest absolute Gasteiger partial charge is 0 e. The Kier molecular flexibility index (Phi) is 4.07. The molecule has 4 fully saturated rings. The van der Waals surface area contributed by atoms with Gasteiger partial charge in [-0.2, -0.15) is 25.7 Å². The number of hydrogen-bond donors (Lipinski definition) is 0. The molecule has 4 aliphatic rings. The molecule has 0 nitrogen and oxygen atoms in total. The Morgan fingerprint density at radius 2 is 1.17 bits per heavy atom. The molecule has 12 heavy (non-hydrogen) atoms. The summed E-state index contributed by atoms with van der Waals surface area (Å²) in [5.41, 5.74) is 0. The van der Waals surface area contributed by atoms with E-state index in [1.807, 2.05) is 11.8 Å². The quantitative estimate of drug-likeness (QED) is 0.448. The molecular formula is C10H14W2-2. The summed E-state index contributed by atoms with van der Waals surface area (Å²) < 4.78 is 0. The Bertz CT molecular complexity index is 99.4. The Labute approximate surface area is 104 Å². The van der Waals surface area contributed by atoms with Gasteiger partial charge in [-0.15, -0.1) is 0 Å². The van der Waals surface area contributed by atoms with Crippen LogP contribution in [0.4, 0.5) is 0 Å². The first-order chi connectivity index (χ1) is 4.90. The first-order valence-corrected chi connectivity index (χ1v) is 4.57. The van der Waals surface area contributed by atoms with E-state index in [0.717, 1.165) is 11.8 Å². The minimum absolute atomic E-state index is 0. The molecule has 0 heterocycles. The van der Waals surface area contributed by atoms with Crippen LogP contribution in [0.25, 0.3) is 0 Å². The van der Waals surface area contributed by atoms with Crippen molar-refractivity contribution >= 4 is 0 Å². The van der Waals surface area contributed by atoms with Crippen molar-refractivity contribution < 1.29 is 42.1 Å². The maximum absolute atomic E-state index is 1.90. The van der Waals surface area contributed by atoms with Crippen LogP contribution in [0.3, 0.4) is 0 Å². The van der Waals surface area contributed by atoms with Gasteiger partial charge in [-0.05, 0) is 0 Å². The number of hydrogen-bond acceptors (Lipinski definition) is 0. The van der Waals surface area contributed by atoms with Gasteiger partial charge in [-0.3, -0.25) is 0 Å². The predicted octanol–water partition coefficient (Wildman–Crippen LogP) is 2.74. The molecule has 68 valence electrons. The molecule has 0 aromatic carbocycles. The van der Waals surface area contributed by atoms with E-state index in [-0.39, 0.29) is 42.1 Å². The minimum atomic E-state index is 0. The van der Waals surface area contributed by atoms with Crippen LogP contribution in [0.1, 0.15) is 38.5 Å². The predicted molar refractivity (Wildman–Crippen MR) is 41.2 cm³/mol. The fourth-order valence-electron chi connectivity index (χ4n) is 3.39. The van der Waals surface area contributed by atoms with Crippen LogP contribution < -0.4 is 0 Å². The Hall–Kier alpha value is 1.38. The fraction of sp³-hybridized carbons (Fsp3) is 0.800. The zero-order valence-corrected chi connectivity index (χ0v) is 13.1. The van der Waals surface area contributed by atoms with Crippen molar-refractivity contribution in [1.82, 2.24) is 0 Å². The summed E-state index contributed by atoms with van der Waals surface area (Å²) in [5.74, 6) is 6.00. The van der Waals surface area contributed by atoms with Gasteiger partial charge in [0.2, 0.25) is 0 Å². The Balaban J connectivity index is 0.000000360. The summed E-state index contributed by atoms with van der Waals surface area (Å²) in [4.78, 5) is 0. The fourth-order valence-corrected chi connectivity index (χ4v) is 3.39. The third kappa shape index (κ3) is 1.90. The van der Waals surface area contributed by atoms with E-state index >= 15 is 0 Å². The molecule has 0 aliphatic heterocycles. The normalized spacial score (nSPS) is 39.0. The van der Waals surface area contributed by atoms with Gasteiger partial charge in [0.25, 0.3) is 0 Å². The van der Waals surface area contributed by atoms with Crippen molar-refractivity contribution in [2.24, 2.45) is 11.8 Å². The van der Waals surface area contributed by atoms with Crippen molar-refractivity contribution in [3.8, 4) is 0 Å². The van der Waals surface area contributed by atoms with Gasteiger partial charge in [0, 0.05) is 42.1 Å². The molecule has 0 atom stereocenters. The summed E-state index contributed by atoms with van der Waals surface area (Å²) in [5, 5.41) is 0. The second-order valence-corrected chi connectivity index (χ2v) is 4.46. The molecule has 2 heteroatoms. The molecule has 0 N–H and O–H groups in total. The van der Waals surface area contributed by atoms with E-state index in [4.69, 9.17) is 0 Å². The van der Waals surface area contributed by atoms with E-state index in [0.29, 0.717) is 0 Å². The van der Waals surface area contributed by atoms with Gasteiger partial charge in [0.1, 0.15) is 0 Å². The molecule has 0 spiro atoms. The van der Waals surface area contributed by atoms with E-state index in [9.17, 15) is 0 Å². The Morgan fingerprint density at radius 1 is 0.750 bits per heavy atom. The molecule has 0 unspecified atom stereocenters. The maximum atomic E-state index is 1.90. The Morgan fingerprint density at radius 3 is 1.50 bits per heavy atom. The minimum Gasteiger partial charge on any atom is -0.342 e. The first-order valence-electron chi connectivity index (χ1n) is 4.57. The van der Waals surface area contributed by atoms with Crippen LogP contribution in [0.5, 0.6) is 0 Å². The van der Waals surface area contributed by atoms with Crippen molar-refractivity contribution in [3.05, 3.63) is 11.8 Å². The van der Waals surface area contributed by atoms with Gasteiger partial charge in [0.15, 0.2) is 0 Å². The molecule has 4 aliphatic carbocycles. The molecular weight excluding hydrogens is 488 g/mol. The summed E-state index contributed by atoms with van der Waals surface area (Å²) in [6.45, 7) is 0. The topological polar surface area (TPSA) is 0 Å². The van der Waals surface area contributed by atoms with Gasteiger partial charge in [0.05, 0.1) is 0 Å². The summed E-state index contributed by atoms with van der Waals surface area (Å²) >= 11 is 0. The second-order valence-electron chi connectivity index (χ2n) is 4.46. The van der Waals surface area contributed by atoms with Crippen LogP contribution in [-0.2, 0) is 42.1 Å². The summed E-state index contributed by atoms with van der Waals surface area (Å²) in [7, 11) is 0. The third-order valence-electron chi connectivity index (χ3n) is 3.48. The first kappa shape index (κ1) is 11.5. The second kappa shape index (κ2) is 4.27. The van der Waals surface area contributed by atoms with Gasteiger partial charge in [-0.1, -0.05) is 18.3 Å². The van der Waals surface area contributed by atoms with Gasteiger partial charge >= 0.3 is 0 Å². The molecule has 4 saturated carbocycles. The van der Waals surface area contributed by atoms with Crippen LogP contribution in [0.15, 0.2) is 0 Å². The van der Waals surface area contributed by atoms with E-state index < -0.39 is 0 Å². The van der Waals surface area contributed by atoms with E-state index in [2.05, 4.69) is 0 Å². The van der Waals surface area contributed by atoms with Crippen LogP contribution in [0, 0.1) is 23.7 Å². The van der Waals surface area contributed by atoms with Gasteiger partial charge in [-0.25, -0.2) is 0 Å². The van der Waals surface area contributed by atoms with E-state index in [1.54, 1.807) is 6.42 Å². The zero-order valence-electron chi connectivity index (χ0n) is 7.21. The van der Waals surface area contributed by atoms with Crippen molar-refractivity contribution in [3.63, 3.8) is 0 Å².